The van der Waals surface area contributed by atoms with E-state index in [1.165, 1.54) is 16.8 Å². The summed E-state index contributed by atoms with van der Waals surface area (Å²) in [4.78, 5) is 24.9. The maximum atomic E-state index is 14.5. The van der Waals surface area contributed by atoms with Crippen LogP contribution in [-0.2, 0) is 0 Å². The van der Waals surface area contributed by atoms with Crippen LogP contribution in [0.5, 0.6) is 0 Å². The van der Waals surface area contributed by atoms with Gasteiger partial charge in [0.2, 0.25) is 5.95 Å². The van der Waals surface area contributed by atoms with E-state index in [4.69, 9.17) is 11.6 Å². The lowest BCUT2D eigenvalue weighted by molar-refractivity contribution is 0.247. The summed E-state index contributed by atoms with van der Waals surface area (Å²) in [5.74, 6) is -0.512. The number of aliphatic hydroxyl groups is 1. The number of nitrogens with zero attached hydrogens (tertiary/aromatic N) is 4. The highest BCUT2D eigenvalue weighted by molar-refractivity contribution is 6.30. The maximum absolute atomic E-state index is 14.5. The van der Waals surface area contributed by atoms with E-state index in [1.54, 1.807) is 49.4 Å². The van der Waals surface area contributed by atoms with Crippen molar-refractivity contribution in [1.82, 2.24) is 14.5 Å². The number of hydrogen-bond donors (Lipinski definition) is 2. The fourth-order valence-corrected chi connectivity index (χ4v) is 3.28. The maximum Gasteiger partial charge on any atom is 0.251 e. The van der Waals surface area contributed by atoms with Gasteiger partial charge in [0, 0.05) is 34.2 Å². The number of rotatable bonds is 8. The van der Waals surface area contributed by atoms with E-state index in [1.807, 2.05) is 6.92 Å². The molecule has 1 atom stereocenters. The first kappa shape index (κ1) is 24.0. The molecule has 2 heterocycles. The Balaban J connectivity index is 1.95. The molecule has 0 aliphatic heterocycles. The number of aliphatic hydroxyl groups excluding tert-OH is 1. The lowest BCUT2D eigenvalue weighted by Crippen LogP contribution is -2.26. The van der Waals surface area contributed by atoms with Crippen molar-refractivity contribution in [3.63, 3.8) is 0 Å². The van der Waals surface area contributed by atoms with Crippen molar-refractivity contribution in [2.75, 3.05) is 11.9 Å². The Kier molecular flexibility index (Phi) is 7.87. The molecule has 0 unspecified atom stereocenters. The summed E-state index contributed by atoms with van der Waals surface area (Å²) in [7, 11) is 0. The number of nitrogens with one attached hydrogen (secondary N) is 1. The van der Waals surface area contributed by atoms with E-state index in [9.17, 15) is 14.3 Å². The van der Waals surface area contributed by atoms with Crippen molar-refractivity contribution in [3.8, 4) is 11.3 Å². The minimum Gasteiger partial charge on any atom is -0.394 e. The zero-order valence-electron chi connectivity index (χ0n) is 18.2. The van der Waals surface area contributed by atoms with Gasteiger partial charge in [-0.15, -0.1) is 0 Å². The van der Waals surface area contributed by atoms with Gasteiger partial charge in [-0.3, -0.25) is 9.79 Å². The van der Waals surface area contributed by atoms with Gasteiger partial charge in [-0.1, -0.05) is 29.8 Å². The quantitative estimate of drug-likeness (QED) is 0.373. The van der Waals surface area contributed by atoms with Crippen LogP contribution in [0.2, 0.25) is 5.02 Å². The van der Waals surface area contributed by atoms with Crippen molar-refractivity contribution < 1.29 is 9.50 Å². The summed E-state index contributed by atoms with van der Waals surface area (Å²) in [5.41, 5.74) is 1.89. The summed E-state index contributed by atoms with van der Waals surface area (Å²) in [6, 6.07) is 9.08. The minimum atomic E-state index is -0.671. The Morgan fingerprint density at radius 2 is 2.09 bits per heavy atom. The molecule has 0 fully saturated rings. The number of aromatic nitrogens is 3. The van der Waals surface area contributed by atoms with Gasteiger partial charge in [0.15, 0.2) is 5.82 Å². The Morgan fingerprint density at radius 3 is 2.70 bits per heavy atom. The number of allylic oxidation sites excluding steroid dienone is 3. The number of halogens is 2. The first-order valence-electron chi connectivity index (χ1n) is 10.1. The molecule has 0 radical (unpaired) electrons. The molecule has 0 spiro atoms. The second kappa shape index (κ2) is 10.8. The zero-order chi connectivity index (χ0) is 24.0. The monoisotopic (exact) mass is 467 g/mol. The molecule has 2 N–H and O–H groups in total. The third-order valence-corrected chi connectivity index (χ3v) is 5.16. The van der Waals surface area contributed by atoms with Gasteiger partial charge >= 0.3 is 0 Å². The first-order chi connectivity index (χ1) is 15.9. The molecule has 3 rings (SSSR count). The molecule has 0 bridgehead atoms. The van der Waals surface area contributed by atoms with Gasteiger partial charge < -0.3 is 15.0 Å². The SMILES string of the molecule is C=N/C(C)=C\C(=C/C)Nc1ncc(F)c(-c2ccn([C@H](CO)c3ccc(Cl)cc3)c(=O)c2)n1. The van der Waals surface area contributed by atoms with Crippen LogP contribution in [0.4, 0.5) is 10.3 Å². The Labute approximate surface area is 195 Å². The Hall–Kier alpha value is -3.62. The second-order valence-corrected chi connectivity index (χ2v) is 7.55. The molecule has 0 saturated carbocycles. The van der Waals surface area contributed by atoms with Gasteiger partial charge in [-0.05, 0) is 50.4 Å². The molecule has 0 saturated heterocycles. The van der Waals surface area contributed by atoms with E-state index in [0.29, 0.717) is 22.0 Å². The van der Waals surface area contributed by atoms with Crippen LogP contribution in [0.3, 0.4) is 0 Å². The van der Waals surface area contributed by atoms with E-state index in [2.05, 4.69) is 27.0 Å². The highest BCUT2D eigenvalue weighted by Gasteiger charge is 2.16. The van der Waals surface area contributed by atoms with Crippen LogP contribution >= 0.6 is 11.6 Å². The van der Waals surface area contributed by atoms with Gasteiger partial charge in [-0.2, -0.15) is 0 Å². The topological polar surface area (TPSA) is 92.4 Å². The molecule has 0 aliphatic rings. The largest absolute Gasteiger partial charge is 0.394 e. The number of pyridine rings is 1. The Morgan fingerprint density at radius 1 is 1.36 bits per heavy atom. The third-order valence-electron chi connectivity index (χ3n) is 4.91. The molecule has 7 nitrogen and oxygen atoms in total. The van der Waals surface area contributed by atoms with Crippen LogP contribution < -0.4 is 10.9 Å². The highest BCUT2D eigenvalue weighted by Crippen LogP contribution is 2.23. The Bertz CT molecular complexity index is 1270. The van der Waals surface area contributed by atoms with Crippen LogP contribution in [0.25, 0.3) is 11.3 Å². The van der Waals surface area contributed by atoms with Crippen LogP contribution in [0.15, 0.2) is 82.1 Å². The van der Waals surface area contributed by atoms with Crippen molar-refractivity contribution in [1.29, 1.82) is 0 Å². The molecule has 3 aromatic rings. The van der Waals surface area contributed by atoms with Crippen molar-refractivity contribution in [3.05, 3.63) is 99.1 Å². The summed E-state index contributed by atoms with van der Waals surface area (Å²) in [6.07, 6.45) is 6.07. The van der Waals surface area contributed by atoms with E-state index in [0.717, 1.165) is 6.20 Å². The van der Waals surface area contributed by atoms with Gasteiger partial charge in [0.05, 0.1) is 18.8 Å². The van der Waals surface area contributed by atoms with Crippen LogP contribution in [0, 0.1) is 5.82 Å². The predicted octanol–water partition coefficient (Wildman–Crippen LogP) is 4.60. The van der Waals surface area contributed by atoms with Crippen molar-refractivity contribution in [2.45, 2.75) is 19.9 Å². The molecular formula is C24H23ClFN5O2. The van der Waals surface area contributed by atoms with Gasteiger partial charge in [0.1, 0.15) is 5.69 Å². The lowest BCUT2D eigenvalue weighted by Gasteiger charge is -2.18. The molecule has 0 amide bonds. The normalized spacial score (nSPS) is 13.0. The molecule has 0 aliphatic carbocycles. The summed E-state index contributed by atoms with van der Waals surface area (Å²) in [6.45, 7) is 6.78. The van der Waals surface area contributed by atoms with E-state index in [-0.39, 0.29) is 23.8 Å². The first-order valence-corrected chi connectivity index (χ1v) is 10.4. The lowest BCUT2D eigenvalue weighted by atomic mass is 10.1. The minimum absolute atomic E-state index is 0.0261. The van der Waals surface area contributed by atoms with E-state index < -0.39 is 17.4 Å². The second-order valence-electron chi connectivity index (χ2n) is 7.11. The third kappa shape index (κ3) is 5.79. The van der Waals surface area contributed by atoms with Crippen LogP contribution in [-0.4, -0.2) is 33.0 Å². The molecular weight excluding hydrogens is 445 g/mol. The average Bonchev–Trinajstić information content (AvgIpc) is 2.82. The number of aliphatic imine (C=N–C) groups is 1. The highest BCUT2D eigenvalue weighted by atomic mass is 35.5. The molecule has 33 heavy (non-hydrogen) atoms. The van der Waals surface area contributed by atoms with E-state index >= 15 is 0 Å². The summed E-state index contributed by atoms with van der Waals surface area (Å²) < 4.78 is 15.9. The number of anilines is 1. The summed E-state index contributed by atoms with van der Waals surface area (Å²) >= 11 is 5.93. The van der Waals surface area contributed by atoms with Gasteiger partial charge in [-0.25, -0.2) is 14.4 Å². The van der Waals surface area contributed by atoms with Gasteiger partial charge in [0.25, 0.3) is 5.56 Å². The summed E-state index contributed by atoms with van der Waals surface area (Å²) in [5, 5.41) is 13.4. The standard InChI is InChI=1S/C24H23ClFN5O2/c1-4-19(11-15(2)27-3)29-24-28-13-20(26)23(30-24)17-9-10-31(22(33)12-17)21(14-32)16-5-7-18(25)8-6-16/h4-13,21,32H,3,14H2,1-2H3,(H,28,29,30)/b15-11-,19-4+/t21-/m1/s1. The average molecular weight is 468 g/mol. The molecule has 170 valence electrons. The van der Waals surface area contributed by atoms with Crippen molar-refractivity contribution >= 4 is 24.3 Å². The van der Waals surface area contributed by atoms with Crippen LogP contribution in [0.1, 0.15) is 25.5 Å². The molecule has 1 aromatic carbocycles. The zero-order valence-corrected chi connectivity index (χ0v) is 18.9. The van der Waals surface area contributed by atoms with Crippen molar-refractivity contribution in [2.24, 2.45) is 4.99 Å². The molecule has 2 aromatic heterocycles. The fraction of sp³-hybridized carbons (Fsp3) is 0.167. The fourth-order valence-electron chi connectivity index (χ4n) is 3.15. The smallest absolute Gasteiger partial charge is 0.251 e. The number of benzene rings is 1. The predicted molar refractivity (Wildman–Crippen MR) is 129 cm³/mol. The number of hydrogen-bond acceptors (Lipinski definition) is 6. The molecule has 9 heteroatoms.